The second kappa shape index (κ2) is 7.02. The summed E-state index contributed by atoms with van der Waals surface area (Å²) in [6, 6.07) is 13.9. The molecule has 3 N–H and O–H groups in total. The van der Waals surface area contributed by atoms with Crippen LogP contribution in [0.25, 0.3) is 0 Å². The third-order valence-electron chi connectivity index (χ3n) is 2.89. The molecule has 108 valence electrons. The number of rotatable bonds is 4. The van der Waals surface area contributed by atoms with Gasteiger partial charge >= 0.3 is 0 Å². The molecule has 6 heteroatoms. The van der Waals surface area contributed by atoms with E-state index in [1.807, 2.05) is 30.3 Å². The summed E-state index contributed by atoms with van der Waals surface area (Å²) in [5.41, 5.74) is 6.93. The third-order valence-corrected chi connectivity index (χ3v) is 4.42. The average molecular weight is 384 g/mol. The highest BCUT2D eigenvalue weighted by Crippen LogP contribution is 2.26. The first-order chi connectivity index (χ1) is 10.0. The highest BCUT2D eigenvalue weighted by Gasteiger charge is 2.20. The molecule has 21 heavy (non-hydrogen) atoms. The van der Waals surface area contributed by atoms with Gasteiger partial charge in [0, 0.05) is 4.47 Å². The topological polar surface area (TPSA) is 55.1 Å². The number of benzene rings is 2. The molecule has 1 atom stereocenters. The van der Waals surface area contributed by atoms with Crippen LogP contribution in [0.4, 0.5) is 0 Å². The molecule has 0 aliphatic rings. The minimum absolute atomic E-state index is 0.195. The van der Waals surface area contributed by atoms with Gasteiger partial charge in [-0.25, -0.2) is 0 Å². The molecule has 0 radical (unpaired) electrons. The van der Waals surface area contributed by atoms with Crippen LogP contribution >= 0.6 is 39.7 Å². The zero-order valence-corrected chi connectivity index (χ0v) is 14.0. The van der Waals surface area contributed by atoms with E-state index in [1.54, 1.807) is 18.2 Å². The molecular formula is C15H12BrClN2OS. The summed E-state index contributed by atoms with van der Waals surface area (Å²) in [4.78, 5) is 12.6. The van der Waals surface area contributed by atoms with Gasteiger partial charge in [0.25, 0.3) is 5.91 Å². The van der Waals surface area contributed by atoms with Crippen molar-refractivity contribution in [2.45, 2.75) is 6.04 Å². The van der Waals surface area contributed by atoms with Crippen molar-refractivity contribution < 1.29 is 4.79 Å². The molecule has 0 bridgehead atoms. The zero-order valence-electron chi connectivity index (χ0n) is 10.8. The highest BCUT2D eigenvalue weighted by molar-refractivity contribution is 9.10. The molecule has 1 amide bonds. The van der Waals surface area contributed by atoms with Gasteiger partial charge in [-0.05, 0) is 33.6 Å². The monoisotopic (exact) mass is 382 g/mol. The summed E-state index contributed by atoms with van der Waals surface area (Å²) in [6.45, 7) is 0. The van der Waals surface area contributed by atoms with E-state index < -0.39 is 6.04 Å². The van der Waals surface area contributed by atoms with Crippen molar-refractivity contribution in [1.82, 2.24) is 5.32 Å². The number of amides is 1. The van der Waals surface area contributed by atoms with Gasteiger partial charge in [-0.2, -0.15) is 0 Å². The van der Waals surface area contributed by atoms with Crippen LogP contribution in [-0.2, 0) is 0 Å². The molecule has 0 saturated carbocycles. The molecule has 0 fully saturated rings. The number of carbonyl (C=O) groups excluding carboxylic acids is 1. The predicted octanol–water partition coefficient (Wildman–Crippen LogP) is 3.86. The fraction of sp³-hybridized carbons (Fsp3) is 0.0667. The maximum absolute atomic E-state index is 12.4. The largest absolute Gasteiger partial charge is 0.391 e. The Kier molecular flexibility index (Phi) is 5.33. The number of hydrogen-bond donors (Lipinski definition) is 2. The quantitative estimate of drug-likeness (QED) is 0.788. The van der Waals surface area contributed by atoms with Crippen LogP contribution in [-0.4, -0.2) is 10.9 Å². The van der Waals surface area contributed by atoms with Gasteiger partial charge in [0.05, 0.1) is 10.6 Å². The second-order valence-corrected chi connectivity index (χ2v) is 6.02. The van der Waals surface area contributed by atoms with Gasteiger partial charge in [0.2, 0.25) is 0 Å². The first-order valence-electron chi connectivity index (χ1n) is 6.10. The summed E-state index contributed by atoms with van der Waals surface area (Å²) in [7, 11) is 0. The number of hydrogen-bond acceptors (Lipinski definition) is 2. The Morgan fingerprint density at radius 1 is 1.19 bits per heavy atom. The van der Waals surface area contributed by atoms with Crippen LogP contribution in [0.15, 0.2) is 53.0 Å². The molecule has 0 heterocycles. The third kappa shape index (κ3) is 3.81. The first kappa shape index (κ1) is 15.9. The van der Waals surface area contributed by atoms with Crippen LogP contribution in [0.1, 0.15) is 22.0 Å². The number of nitrogens with one attached hydrogen (secondary N) is 1. The molecule has 0 aliphatic carbocycles. The van der Waals surface area contributed by atoms with Crippen LogP contribution < -0.4 is 11.1 Å². The molecular weight excluding hydrogens is 372 g/mol. The molecule has 0 aromatic heterocycles. The van der Waals surface area contributed by atoms with Crippen LogP contribution in [0.3, 0.4) is 0 Å². The minimum atomic E-state index is -0.538. The zero-order chi connectivity index (χ0) is 15.4. The van der Waals surface area contributed by atoms with Gasteiger partial charge in [0.15, 0.2) is 0 Å². The maximum atomic E-state index is 12.4. The van der Waals surface area contributed by atoms with Crippen molar-refractivity contribution in [2.24, 2.45) is 5.73 Å². The smallest absolute Gasteiger partial charge is 0.253 e. The summed E-state index contributed by atoms with van der Waals surface area (Å²) < 4.78 is 0.656. The molecule has 1 unspecified atom stereocenters. The number of halogens is 2. The number of carbonyl (C=O) groups is 1. The van der Waals surface area contributed by atoms with E-state index in [2.05, 4.69) is 21.2 Å². The maximum Gasteiger partial charge on any atom is 0.253 e. The Morgan fingerprint density at radius 2 is 1.86 bits per heavy atom. The van der Waals surface area contributed by atoms with E-state index in [1.165, 1.54) is 0 Å². The van der Waals surface area contributed by atoms with Crippen LogP contribution in [0.5, 0.6) is 0 Å². The van der Waals surface area contributed by atoms with Crippen molar-refractivity contribution in [3.05, 3.63) is 69.2 Å². The van der Waals surface area contributed by atoms with Crippen molar-refractivity contribution in [3.63, 3.8) is 0 Å². The van der Waals surface area contributed by atoms with Gasteiger partial charge < -0.3 is 11.1 Å². The normalized spacial score (nSPS) is 11.7. The standard InChI is InChI=1S/C15H12BrClN2OS/c16-11-8-4-7-10(12(11)17)15(20)19-13(14(18)21)9-5-2-1-3-6-9/h1-8,13H,(H2,18,21)(H,19,20). The lowest BCUT2D eigenvalue weighted by atomic mass is 10.1. The van der Waals surface area contributed by atoms with E-state index in [4.69, 9.17) is 29.6 Å². The van der Waals surface area contributed by atoms with Gasteiger partial charge in [-0.15, -0.1) is 0 Å². The van der Waals surface area contributed by atoms with E-state index in [0.29, 0.717) is 15.1 Å². The summed E-state index contributed by atoms with van der Waals surface area (Å²) in [5.74, 6) is -0.331. The Bertz CT molecular complexity index is 679. The fourth-order valence-electron chi connectivity index (χ4n) is 1.85. The van der Waals surface area contributed by atoms with Crippen LogP contribution in [0.2, 0.25) is 5.02 Å². The first-order valence-corrected chi connectivity index (χ1v) is 7.67. The van der Waals surface area contributed by atoms with Crippen molar-refractivity contribution in [1.29, 1.82) is 0 Å². The Balaban J connectivity index is 2.28. The summed E-state index contributed by atoms with van der Waals surface area (Å²) >= 11 is 14.5. The van der Waals surface area contributed by atoms with Crippen LogP contribution in [0, 0.1) is 0 Å². The minimum Gasteiger partial charge on any atom is -0.391 e. The molecule has 0 saturated heterocycles. The summed E-state index contributed by atoms with van der Waals surface area (Å²) in [6.07, 6.45) is 0. The van der Waals surface area contributed by atoms with Gasteiger partial charge in [0.1, 0.15) is 11.0 Å². The predicted molar refractivity (Wildman–Crippen MR) is 92.6 cm³/mol. The van der Waals surface area contributed by atoms with Crippen molar-refractivity contribution in [3.8, 4) is 0 Å². The Morgan fingerprint density at radius 3 is 2.48 bits per heavy atom. The molecule has 0 spiro atoms. The van der Waals surface area contributed by atoms with Gasteiger partial charge in [-0.3, -0.25) is 4.79 Å². The molecule has 2 rings (SSSR count). The second-order valence-electron chi connectivity index (χ2n) is 4.32. The van der Waals surface area contributed by atoms with Crippen molar-refractivity contribution >= 4 is 50.6 Å². The lowest BCUT2D eigenvalue weighted by Crippen LogP contribution is -2.36. The number of nitrogens with two attached hydrogens (primary N) is 1. The molecule has 2 aromatic carbocycles. The van der Waals surface area contributed by atoms with Gasteiger partial charge in [-0.1, -0.05) is 60.2 Å². The molecule has 0 aliphatic heterocycles. The lowest BCUT2D eigenvalue weighted by molar-refractivity contribution is 0.0947. The van der Waals surface area contributed by atoms with E-state index in [0.717, 1.165) is 5.56 Å². The Labute approximate surface area is 141 Å². The number of thiocarbonyl (C=S) groups is 1. The molecule has 2 aromatic rings. The average Bonchev–Trinajstić information content (AvgIpc) is 2.48. The lowest BCUT2D eigenvalue weighted by Gasteiger charge is -2.18. The van der Waals surface area contributed by atoms with E-state index in [9.17, 15) is 4.79 Å². The highest BCUT2D eigenvalue weighted by atomic mass is 79.9. The fourth-order valence-corrected chi connectivity index (χ4v) is 2.63. The van der Waals surface area contributed by atoms with Crippen molar-refractivity contribution in [2.75, 3.05) is 0 Å². The van der Waals surface area contributed by atoms with E-state index >= 15 is 0 Å². The Hall–Kier alpha value is -1.43. The molecule has 3 nitrogen and oxygen atoms in total. The van der Waals surface area contributed by atoms with E-state index in [-0.39, 0.29) is 10.9 Å². The summed E-state index contributed by atoms with van der Waals surface area (Å²) in [5, 5.41) is 3.16. The SMILES string of the molecule is NC(=S)C(NC(=O)c1cccc(Br)c1Cl)c1ccccc1.